The van der Waals surface area contributed by atoms with Gasteiger partial charge in [-0.15, -0.1) is 0 Å². The molecule has 1 amide bonds. The molecule has 0 aliphatic carbocycles. The lowest BCUT2D eigenvalue weighted by Crippen LogP contribution is -2.38. The van der Waals surface area contributed by atoms with Crippen LogP contribution in [0, 0.1) is 0 Å². The standard InChI is InChI=1S/C13H16ClNO5/c1-8(20-10-4-2-9(14)3-5-10)12(17)15-7-6-11(16)13(18)19/h2-5,8,11,16H,6-7H2,1H3,(H,15,17)(H,18,19). The first-order valence-corrected chi connectivity index (χ1v) is 6.38. The van der Waals surface area contributed by atoms with E-state index in [2.05, 4.69) is 5.32 Å². The molecule has 0 fully saturated rings. The molecule has 0 aliphatic rings. The number of aliphatic carboxylic acids is 1. The molecule has 0 aromatic heterocycles. The number of carboxylic acids is 1. The second-order valence-electron chi connectivity index (χ2n) is 4.15. The minimum absolute atomic E-state index is 0.0562. The summed E-state index contributed by atoms with van der Waals surface area (Å²) >= 11 is 5.73. The number of ether oxygens (including phenoxy) is 1. The van der Waals surface area contributed by atoms with Gasteiger partial charge >= 0.3 is 5.97 Å². The minimum Gasteiger partial charge on any atom is -0.481 e. The number of aliphatic hydroxyl groups excluding tert-OH is 1. The van der Waals surface area contributed by atoms with Crippen LogP contribution in [0.2, 0.25) is 5.02 Å². The lowest BCUT2D eigenvalue weighted by atomic mass is 10.2. The maximum atomic E-state index is 11.7. The normalized spacial score (nSPS) is 13.3. The van der Waals surface area contributed by atoms with E-state index in [9.17, 15) is 9.59 Å². The van der Waals surface area contributed by atoms with Crippen LogP contribution in [0.1, 0.15) is 13.3 Å². The van der Waals surface area contributed by atoms with Crippen LogP contribution in [0.15, 0.2) is 24.3 Å². The van der Waals surface area contributed by atoms with Gasteiger partial charge in [0, 0.05) is 18.0 Å². The van der Waals surface area contributed by atoms with Crippen LogP contribution >= 0.6 is 11.6 Å². The van der Waals surface area contributed by atoms with Gasteiger partial charge in [0.2, 0.25) is 0 Å². The molecule has 0 spiro atoms. The average Bonchev–Trinajstić information content (AvgIpc) is 2.40. The van der Waals surface area contributed by atoms with Crippen molar-refractivity contribution >= 4 is 23.5 Å². The molecule has 0 bridgehead atoms. The van der Waals surface area contributed by atoms with E-state index in [-0.39, 0.29) is 13.0 Å². The number of carboxylic acid groups (broad SMARTS) is 1. The summed E-state index contributed by atoms with van der Waals surface area (Å²) < 4.78 is 5.39. The summed E-state index contributed by atoms with van der Waals surface area (Å²) in [6.45, 7) is 1.62. The average molecular weight is 302 g/mol. The first kappa shape index (κ1) is 16.3. The first-order valence-electron chi connectivity index (χ1n) is 6.01. The molecule has 7 heteroatoms. The van der Waals surface area contributed by atoms with Crippen molar-refractivity contribution in [3.63, 3.8) is 0 Å². The van der Waals surface area contributed by atoms with Crippen LogP contribution in [-0.2, 0) is 9.59 Å². The Labute approximate surface area is 121 Å². The van der Waals surface area contributed by atoms with E-state index < -0.39 is 24.1 Å². The van der Waals surface area contributed by atoms with E-state index in [4.69, 9.17) is 26.6 Å². The molecule has 2 unspecified atom stereocenters. The molecule has 1 rings (SSSR count). The Morgan fingerprint density at radius 3 is 2.50 bits per heavy atom. The zero-order valence-corrected chi connectivity index (χ0v) is 11.6. The second kappa shape index (κ2) is 7.72. The molecular weight excluding hydrogens is 286 g/mol. The van der Waals surface area contributed by atoms with Crippen LogP contribution in [0.4, 0.5) is 0 Å². The van der Waals surface area contributed by atoms with E-state index in [1.54, 1.807) is 31.2 Å². The molecule has 0 heterocycles. The molecule has 3 N–H and O–H groups in total. The summed E-state index contributed by atoms with van der Waals surface area (Å²) in [7, 11) is 0. The number of rotatable bonds is 7. The third kappa shape index (κ3) is 5.46. The van der Waals surface area contributed by atoms with Crippen LogP contribution in [0.25, 0.3) is 0 Å². The number of amides is 1. The van der Waals surface area contributed by atoms with Gasteiger partial charge in [-0.05, 0) is 31.2 Å². The molecule has 1 aromatic rings. The second-order valence-corrected chi connectivity index (χ2v) is 4.58. The zero-order chi connectivity index (χ0) is 15.1. The van der Waals surface area contributed by atoms with E-state index in [1.807, 2.05) is 0 Å². The SMILES string of the molecule is CC(Oc1ccc(Cl)cc1)C(=O)NCCC(O)C(=O)O. The number of hydrogen-bond acceptors (Lipinski definition) is 4. The predicted molar refractivity (Wildman–Crippen MR) is 72.8 cm³/mol. The van der Waals surface area contributed by atoms with Crippen molar-refractivity contribution in [3.8, 4) is 5.75 Å². The number of hydrogen-bond donors (Lipinski definition) is 3. The predicted octanol–water partition coefficient (Wildman–Crippen LogP) is 1.06. The monoisotopic (exact) mass is 301 g/mol. The summed E-state index contributed by atoms with van der Waals surface area (Å²) in [5.41, 5.74) is 0. The molecule has 1 aromatic carbocycles. The fourth-order valence-corrected chi connectivity index (χ4v) is 1.50. The molecule has 0 saturated carbocycles. The highest BCUT2D eigenvalue weighted by atomic mass is 35.5. The third-order valence-corrected chi connectivity index (χ3v) is 2.75. The van der Waals surface area contributed by atoms with Crippen molar-refractivity contribution < 1.29 is 24.5 Å². The zero-order valence-electron chi connectivity index (χ0n) is 10.9. The summed E-state index contributed by atoms with van der Waals surface area (Å²) in [6, 6.07) is 6.57. The quantitative estimate of drug-likeness (QED) is 0.700. The van der Waals surface area contributed by atoms with Gasteiger partial charge in [-0.2, -0.15) is 0 Å². The number of nitrogens with one attached hydrogen (secondary N) is 1. The van der Waals surface area contributed by atoms with Gasteiger partial charge in [0.1, 0.15) is 5.75 Å². The van der Waals surface area contributed by atoms with E-state index in [0.717, 1.165) is 0 Å². The first-order chi connectivity index (χ1) is 9.40. The number of carbonyl (C=O) groups is 2. The van der Waals surface area contributed by atoms with Crippen LogP contribution in [-0.4, -0.2) is 40.8 Å². The topological polar surface area (TPSA) is 95.9 Å². The molecule has 0 aliphatic heterocycles. The van der Waals surface area contributed by atoms with Crippen LogP contribution < -0.4 is 10.1 Å². The summed E-state index contributed by atoms with van der Waals surface area (Å²) in [5.74, 6) is -1.20. The van der Waals surface area contributed by atoms with Crippen molar-refractivity contribution in [2.75, 3.05) is 6.54 Å². The Hall–Kier alpha value is -1.79. The molecule has 110 valence electrons. The number of halogens is 1. The maximum Gasteiger partial charge on any atom is 0.332 e. The van der Waals surface area contributed by atoms with Crippen LogP contribution in [0.3, 0.4) is 0 Å². The van der Waals surface area contributed by atoms with E-state index >= 15 is 0 Å². The highest BCUT2D eigenvalue weighted by Gasteiger charge is 2.16. The number of benzene rings is 1. The molecule has 6 nitrogen and oxygen atoms in total. The van der Waals surface area contributed by atoms with Gasteiger partial charge in [-0.1, -0.05) is 11.6 Å². The van der Waals surface area contributed by atoms with Gasteiger partial charge < -0.3 is 20.3 Å². The Morgan fingerprint density at radius 2 is 1.95 bits per heavy atom. The fourth-order valence-electron chi connectivity index (χ4n) is 1.37. The number of aliphatic hydroxyl groups is 1. The molecule has 0 radical (unpaired) electrons. The Bertz CT molecular complexity index is 462. The van der Waals surface area contributed by atoms with Gasteiger partial charge in [0.15, 0.2) is 12.2 Å². The molecule has 2 atom stereocenters. The summed E-state index contributed by atoms with van der Waals surface area (Å²) in [4.78, 5) is 22.1. The summed E-state index contributed by atoms with van der Waals surface area (Å²) in [5, 5.41) is 20.6. The highest BCUT2D eigenvalue weighted by Crippen LogP contribution is 2.16. The summed E-state index contributed by atoms with van der Waals surface area (Å²) in [6.07, 6.45) is -2.28. The minimum atomic E-state index is -1.48. The van der Waals surface area contributed by atoms with E-state index in [1.165, 1.54) is 0 Å². The molecule has 0 saturated heterocycles. The maximum absolute atomic E-state index is 11.7. The van der Waals surface area contributed by atoms with E-state index in [0.29, 0.717) is 10.8 Å². The van der Waals surface area contributed by atoms with Crippen molar-refractivity contribution in [3.05, 3.63) is 29.3 Å². The Balaban J connectivity index is 2.35. The van der Waals surface area contributed by atoms with Gasteiger partial charge in [0.05, 0.1) is 0 Å². The molecule has 20 heavy (non-hydrogen) atoms. The van der Waals surface area contributed by atoms with Gasteiger partial charge in [-0.3, -0.25) is 4.79 Å². The smallest absolute Gasteiger partial charge is 0.332 e. The van der Waals surface area contributed by atoms with Crippen LogP contribution in [0.5, 0.6) is 5.75 Å². The van der Waals surface area contributed by atoms with Crippen molar-refractivity contribution in [1.82, 2.24) is 5.32 Å². The fraction of sp³-hybridized carbons (Fsp3) is 0.385. The van der Waals surface area contributed by atoms with Crippen molar-refractivity contribution in [1.29, 1.82) is 0 Å². The third-order valence-electron chi connectivity index (χ3n) is 2.50. The highest BCUT2D eigenvalue weighted by molar-refractivity contribution is 6.30. The Morgan fingerprint density at radius 1 is 1.35 bits per heavy atom. The van der Waals surface area contributed by atoms with Crippen molar-refractivity contribution in [2.45, 2.75) is 25.6 Å². The largest absolute Gasteiger partial charge is 0.481 e. The lowest BCUT2D eigenvalue weighted by Gasteiger charge is -2.15. The molecular formula is C13H16ClNO5. The van der Waals surface area contributed by atoms with Gasteiger partial charge in [0.25, 0.3) is 5.91 Å². The van der Waals surface area contributed by atoms with Gasteiger partial charge in [-0.25, -0.2) is 4.79 Å². The lowest BCUT2D eigenvalue weighted by molar-refractivity contribution is -0.147. The number of carbonyl (C=O) groups excluding carboxylic acids is 1. The Kier molecular flexibility index (Phi) is 6.27. The van der Waals surface area contributed by atoms with Crippen molar-refractivity contribution in [2.24, 2.45) is 0 Å².